The molecular weight excluding hydrogens is 304 g/mol. The largest absolute Gasteiger partial charge is 0.487 e. The molecule has 0 aromatic heterocycles. The number of para-hydroxylation sites is 1. The van der Waals surface area contributed by atoms with Crippen LogP contribution in [0.1, 0.15) is 12.8 Å². The average molecular weight is 321 g/mol. The molecule has 0 amide bonds. The third-order valence-electron chi connectivity index (χ3n) is 3.50. The van der Waals surface area contributed by atoms with Gasteiger partial charge in [0.05, 0.1) is 12.4 Å². The molecule has 0 aliphatic carbocycles. The Labute approximate surface area is 122 Å². The molecule has 0 unspecified atom stereocenters. The molecule has 0 radical (unpaired) electrons. The smallest absolute Gasteiger partial charge is 0.209 e. The van der Waals surface area contributed by atoms with E-state index in [9.17, 15) is 17.2 Å². The molecule has 8 heteroatoms. The van der Waals surface area contributed by atoms with Crippen LogP contribution in [0.2, 0.25) is 0 Å². The first-order chi connectivity index (χ1) is 9.81. The number of nitrogens with two attached hydrogens (primary N) is 1. The van der Waals surface area contributed by atoms with Gasteiger partial charge in [0, 0.05) is 18.6 Å². The van der Waals surface area contributed by atoms with E-state index in [1.54, 1.807) is 0 Å². The Kier molecular flexibility index (Phi) is 4.80. The van der Waals surface area contributed by atoms with Crippen molar-refractivity contribution in [3.8, 4) is 5.75 Å². The lowest BCUT2D eigenvalue weighted by Crippen LogP contribution is -2.42. The highest BCUT2D eigenvalue weighted by Gasteiger charge is 2.37. The highest BCUT2D eigenvalue weighted by Crippen LogP contribution is 2.33. The minimum atomic E-state index is -3.73. The Morgan fingerprint density at radius 2 is 1.81 bits per heavy atom. The van der Waals surface area contributed by atoms with E-state index in [0.717, 1.165) is 12.1 Å². The second kappa shape index (κ2) is 6.25. The Morgan fingerprint density at radius 1 is 1.24 bits per heavy atom. The first kappa shape index (κ1) is 16.1. The summed E-state index contributed by atoms with van der Waals surface area (Å²) in [5.74, 6) is -2.46. The fourth-order valence-electron chi connectivity index (χ4n) is 2.41. The van der Waals surface area contributed by atoms with Crippen LogP contribution in [0.5, 0.6) is 5.75 Å². The number of rotatable bonds is 5. The number of primary sulfonamides is 1. The summed E-state index contributed by atoms with van der Waals surface area (Å²) in [6.07, 6.45) is 0.805. The van der Waals surface area contributed by atoms with Crippen molar-refractivity contribution in [3.05, 3.63) is 29.8 Å². The molecule has 0 bridgehead atoms. The molecule has 1 saturated heterocycles. The van der Waals surface area contributed by atoms with Crippen molar-refractivity contribution in [1.29, 1.82) is 0 Å². The minimum Gasteiger partial charge on any atom is -0.487 e. The zero-order valence-electron chi connectivity index (χ0n) is 11.3. The van der Waals surface area contributed by atoms with Crippen LogP contribution >= 0.6 is 0 Å². The Bertz CT molecular complexity index is 580. The molecule has 118 valence electrons. The van der Waals surface area contributed by atoms with Crippen molar-refractivity contribution in [2.24, 2.45) is 10.6 Å². The molecular formula is C13H17F2NO4S. The fourth-order valence-corrected chi connectivity index (χ4v) is 3.63. The van der Waals surface area contributed by atoms with E-state index in [1.807, 2.05) is 0 Å². The summed E-state index contributed by atoms with van der Waals surface area (Å²) >= 11 is 0. The van der Waals surface area contributed by atoms with E-state index < -0.39 is 32.8 Å². The van der Waals surface area contributed by atoms with E-state index >= 15 is 0 Å². The van der Waals surface area contributed by atoms with Crippen LogP contribution in [-0.2, 0) is 14.8 Å². The predicted octanol–water partition coefficient (Wildman–Crippen LogP) is 1.43. The molecule has 1 aromatic carbocycles. The van der Waals surface area contributed by atoms with Gasteiger partial charge >= 0.3 is 0 Å². The maximum absolute atomic E-state index is 13.5. The number of hydrogen-bond donors (Lipinski definition) is 1. The number of ether oxygens (including phenoxy) is 2. The topological polar surface area (TPSA) is 78.6 Å². The van der Waals surface area contributed by atoms with Crippen LogP contribution in [0.3, 0.4) is 0 Å². The molecule has 0 saturated carbocycles. The van der Waals surface area contributed by atoms with Crippen molar-refractivity contribution in [2.75, 3.05) is 25.6 Å². The second-order valence-corrected chi connectivity index (χ2v) is 6.87. The SMILES string of the molecule is NS(=O)(=O)CC1(COc2c(F)cccc2F)CCOCC1. The van der Waals surface area contributed by atoms with E-state index in [1.165, 1.54) is 6.07 Å². The van der Waals surface area contributed by atoms with Gasteiger partial charge in [-0.2, -0.15) is 0 Å². The number of hydrogen-bond acceptors (Lipinski definition) is 4. The van der Waals surface area contributed by atoms with E-state index in [0.29, 0.717) is 26.1 Å². The zero-order chi connectivity index (χ0) is 15.5. The lowest BCUT2D eigenvalue weighted by Gasteiger charge is -2.36. The van der Waals surface area contributed by atoms with Crippen molar-refractivity contribution < 1.29 is 26.7 Å². The molecule has 1 aliphatic heterocycles. The molecule has 1 aromatic rings. The lowest BCUT2D eigenvalue weighted by molar-refractivity contribution is 0.000743. The van der Waals surface area contributed by atoms with E-state index in [2.05, 4.69) is 0 Å². The van der Waals surface area contributed by atoms with Gasteiger partial charge in [-0.15, -0.1) is 0 Å². The zero-order valence-corrected chi connectivity index (χ0v) is 12.2. The summed E-state index contributed by atoms with van der Waals surface area (Å²) in [5.41, 5.74) is -0.791. The number of halogens is 2. The Hall–Kier alpha value is -1.25. The van der Waals surface area contributed by atoms with Crippen molar-refractivity contribution in [2.45, 2.75) is 12.8 Å². The maximum atomic E-state index is 13.5. The van der Waals surface area contributed by atoms with Gasteiger partial charge in [0.15, 0.2) is 17.4 Å². The van der Waals surface area contributed by atoms with Gasteiger partial charge < -0.3 is 9.47 Å². The monoisotopic (exact) mass is 321 g/mol. The van der Waals surface area contributed by atoms with Gasteiger partial charge in [-0.05, 0) is 25.0 Å². The molecule has 0 spiro atoms. The Morgan fingerprint density at radius 3 is 2.33 bits per heavy atom. The molecule has 21 heavy (non-hydrogen) atoms. The lowest BCUT2D eigenvalue weighted by atomic mass is 9.83. The molecule has 1 heterocycles. The van der Waals surface area contributed by atoms with Gasteiger partial charge in [-0.1, -0.05) is 6.07 Å². The average Bonchev–Trinajstić information content (AvgIpc) is 2.37. The Balaban J connectivity index is 2.16. The summed E-state index contributed by atoms with van der Waals surface area (Å²) in [6, 6.07) is 3.38. The predicted molar refractivity (Wildman–Crippen MR) is 72.3 cm³/mol. The van der Waals surface area contributed by atoms with Crippen molar-refractivity contribution in [3.63, 3.8) is 0 Å². The number of sulfonamides is 1. The van der Waals surface area contributed by atoms with Crippen LogP contribution in [-0.4, -0.2) is 34.0 Å². The van der Waals surface area contributed by atoms with E-state index in [-0.39, 0.29) is 12.4 Å². The van der Waals surface area contributed by atoms with Crippen LogP contribution in [0.4, 0.5) is 8.78 Å². The van der Waals surface area contributed by atoms with Gasteiger partial charge in [0.2, 0.25) is 10.0 Å². The van der Waals surface area contributed by atoms with Crippen LogP contribution in [0, 0.1) is 17.0 Å². The molecule has 2 N–H and O–H groups in total. The van der Waals surface area contributed by atoms with Crippen LogP contribution in [0.25, 0.3) is 0 Å². The standard InChI is InChI=1S/C13H17F2NO4S/c14-10-2-1-3-11(15)12(10)20-8-13(9-21(16,17)18)4-6-19-7-5-13/h1-3H,4-9H2,(H2,16,17,18). The molecule has 2 rings (SSSR count). The van der Waals surface area contributed by atoms with Crippen molar-refractivity contribution >= 4 is 10.0 Å². The quantitative estimate of drug-likeness (QED) is 0.890. The van der Waals surface area contributed by atoms with Gasteiger partial charge in [-0.25, -0.2) is 22.3 Å². The van der Waals surface area contributed by atoms with Gasteiger partial charge in [0.25, 0.3) is 0 Å². The first-order valence-electron chi connectivity index (χ1n) is 6.46. The van der Waals surface area contributed by atoms with Gasteiger partial charge in [0.1, 0.15) is 0 Å². The van der Waals surface area contributed by atoms with Crippen LogP contribution < -0.4 is 9.88 Å². The van der Waals surface area contributed by atoms with Gasteiger partial charge in [-0.3, -0.25) is 0 Å². The third kappa shape index (κ3) is 4.36. The summed E-state index contributed by atoms with van der Waals surface area (Å²) in [4.78, 5) is 0. The fraction of sp³-hybridized carbons (Fsp3) is 0.538. The maximum Gasteiger partial charge on any atom is 0.209 e. The highest BCUT2D eigenvalue weighted by atomic mass is 32.2. The molecule has 1 aliphatic rings. The third-order valence-corrected chi connectivity index (χ3v) is 4.52. The molecule has 5 nitrogen and oxygen atoms in total. The summed E-state index contributed by atoms with van der Waals surface area (Å²) < 4.78 is 60.3. The summed E-state index contributed by atoms with van der Waals surface area (Å²) in [5, 5.41) is 5.11. The molecule has 1 fully saturated rings. The normalized spacial score (nSPS) is 18.4. The second-order valence-electron chi connectivity index (χ2n) is 5.26. The van der Waals surface area contributed by atoms with E-state index in [4.69, 9.17) is 14.6 Å². The van der Waals surface area contributed by atoms with Crippen LogP contribution in [0.15, 0.2) is 18.2 Å². The molecule has 0 atom stereocenters. The number of benzene rings is 1. The van der Waals surface area contributed by atoms with Crippen molar-refractivity contribution in [1.82, 2.24) is 0 Å². The summed E-state index contributed by atoms with van der Waals surface area (Å²) in [7, 11) is -3.73. The summed E-state index contributed by atoms with van der Waals surface area (Å²) in [6.45, 7) is 0.585. The minimum absolute atomic E-state index is 0.134. The first-order valence-corrected chi connectivity index (χ1v) is 8.18. The highest BCUT2D eigenvalue weighted by molar-refractivity contribution is 7.89.